The van der Waals surface area contributed by atoms with E-state index in [1.54, 1.807) is 0 Å². The molecule has 0 fully saturated rings. The summed E-state index contributed by atoms with van der Waals surface area (Å²) < 4.78 is 47.7. The fourth-order valence-corrected chi connectivity index (χ4v) is 17.1. The minimum Gasteiger partial charge on any atom is -0.480 e. The fraction of sp³-hybridized carbons (Fsp3) is 0.0714. The summed E-state index contributed by atoms with van der Waals surface area (Å²) in [4.78, 5) is 64.4. The highest BCUT2D eigenvalue weighted by Gasteiger charge is 2.30. The zero-order chi connectivity index (χ0) is 51.3. The molecule has 24 bridgehead atoms. The Kier molecular flexibility index (Phi) is 13.7. The molecule has 6 heterocycles. The van der Waals surface area contributed by atoms with Crippen molar-refractivity contribution in [1.82, 2.24) is 0 Å². The van der Waals surface area contributed by atoms with E-state index in [1.165, 1.54) is 94.1 Å². The van der Waals surface area contributed by atoms with Gasteiger partial charge in [-0.3, -0.25) is 0 Å². The van der Waals surface area contributed by atoms with Crippen LogP contribution in [0.25, 0.3) is 0 Å². The lowest BCUT2D eigenvalue weighted by Crippen LogP contribution is -2.18. The lowest BCUT2D eigenvalue weighted by molar-refractivity contribution is -0.137. The van der Waals surface area contributed by atoms with Gasteiger partial charge in [0.15, 0.2) is 49.4 Å². The van der Waals surface area contributed by atoms with Crippen molar-refractivity contribution in [2.24, 2.45) is 0 Å². The van der Waals surface area contributed by atoms with E-state index in [1.807, 2.05) is 146 Å². The predicted octanol–water partition coefficient (Wildman–Crippen LogP) is 14.4. The Bertz CT molecular complexity index is 3270. The van der Waals surface area contributed by atoms with Crippen LogP contribution >= 0.6 is 94.1 Å². The van der Waals surface area contributed by atoms with Gasteiger partial charge in [0.25, 0.3) is 0 Å². The maximum Gasteiger partial charge on any atom is 0.349 e. The van der Waals surface area contributed by atoms with Crippen LogP contribution in [-0.4, -0.2) is 50.3 Å². The summed E-state index contributed by atoms with van der Waals surface area (Å²) in [6, 6.07) is 46.4. The summed E-state index contributed by atoms with van der Waals surface area (Å²) in [5.41, 5.74) is 0. The first kappa shape index (κ1) is 49.2. The van der Waals surface area contributed by atoms with Crippen LogP contribution in [0.3, 0.4) is 0 Å². The number of carbonyl (C=O) groups excluding carboxylic acids is 4. The molecule has 6 aliphatic heterocycles. The Morgan fingerprint density at radius 1 is 0.211 bits per heavy atom. The zero-order valence-corrected chi connectivity index (χ0v) is 45.4. The fourth-order valence-electron chi connectivity index (χ4n) is 8.27. The molecule has 76 heavy (non-hydrogen) atoms. The van der Waals surface area contributed by atoms with Crippen molar-refractivity contribution in [2.45, 2.75) is 78.3 Å². The first-order valence-electron chi connectivity index (χ1n) is 23.1. The molecule has 0 saturated heterocycles. The molecule has 8 aromatic rings. The number of esters is 4. The van der Waals surface area contributed by atoms with Crippen LogP contribution in [0.5, 0.6) is 46.0 Å². The lowest BCUT2D eigenvalue weighted by atomic mass is 10.3. The Morgan fingerprint density at radius 3 is 0.487 bits per heavy atom. The van der Waals surface area contributed by atoms with E-state index in [4.69, 9.17) is 37.9 Å². The van der Waals surface area contributed by atoms with Gasteiger partial charge in [-0.25, -0.2) is 19.2 Å². The van der Waals surface area contributed by atoms with Crippen molar-refractivity contribution in [3.8, 4) is 46.0 Å². The number of ether oxygens (including phenoxy) is 8. The topological polar surface area (TPSA) is 142 Å². The van der Waals surface area contributed by atoms with Crippen molar-refractivity contribution >= 4 is 118 Å². The van der Waals surface area contributed by atoms with Crippen molar-refractivity contribution in [3.05, 3.63) is 146 Å². The molecule has 12 nitrogen and oxygen atoms in total. The highest BCUT2D eigenvalue weighted by molar-refractivity contribution is 8.02. The minimum atomic E-state index is -0.490. The van der Waals surface area contributed by atoms with E-state index >= 15 is 0 Å². The number of benzene rings is 8. The molecule has 376 valence electrons. The van der Waals surface area contributed by atoms with Crippen LogP contribution in [0, 0.1) is 0 Å². The number of carbonyl (C=O) groups is 4. The summed E-state index contributed by atoms with van der Waals surface area (Å²) in [5, 5.41) is 0. The largest absolute Gasteiger partial charge is 0.480 e. The van der Waals surface area contributed by atoms with Crippen molar-refractivity contribution in [2.75, 3.05) is 26.4 Å². The summed E-state index contributed by atoms with van der Waals surface area (Å²) >= 11 is 11.6. The molecule has 0 unspecified atom stereocenters. The molecule has 8 aromatic carbocycles. The summed E-state index contributed by atoms with van der Waals surface area (Å²) in [5.74, 6) is 2.21. The Hall–Kier alpha value is -6.36. The second-order valence-electron chi connectivity index (χ2n) is 16.5. The quantitative estimate of drug-likeness (QED) is 0.105. The van der Waals surface area contributed by atoms with Gasteiger partial charge in [-0.1, -0.05) is 143 Å². The predicted molar refractivity (Wildman–Crippen MR) is 289 cm³/mol. The SMILES string of the molecule is O=C1COc2c3cccc2Sc2cccc4c2OC(=O)COc2c(cccc2Sc2cccc(c2O1)S3)S4.O=C1COc2c3cccc2Sc2cccc4c2OC(=O)COc2c(cccc2Sc2cccc(c2O1)S3)S4. The van der Waals surface area contributed by atoms with Gasteiger partial charge in [-0.15, -0.1) is 0 Å². The van der Waals surface area contributed by atoms with E-state index < -0.39 is 23.9 Å². The molecule has 0 aliphatic carbocycles. The molecule has 0 N–H and O–H groups in total. The zero-order valence-electron chi connectivity index (χ0n) is 38.8. The van der Waals surface area contributed by atoms with Gasteiger partial charge in [0.2, 0.25) is 0 Å². The van der Waals surface area contributed by atoms with Gasteiger partial charge < -0.3 is 37.9 Å². The Morgan fingerprint density at radius 2 is 0.342 bits per heavy atom. The minimum absolute atomic E-state index is 0.245. The van der Waals surface area contributed by atoms with Crippen LogP contribution in [0.15, 0.2) is 224 Å². The van der Waals surface area contributed by atoms with E-state index in [2.05, 4.69) is 0 Å². The Balaban J connectivity index is 0.000000146. The molecule has 20 heteroatoms. The van der Waals surface area contributed by atoms with E-state index in [-0.39, 0.29) is 26.4 Å². The van der Waals surface area contributed by atoms with Gasteiger partial charge in [0, 0.05) is 0 Å². The maximum atomic E-state index is 12.9. The number of hydrogen-bond acceptors (Lipinski definition) is 20. The average molecular weight is 1150 g/mol. The van der Waals surface area contributed by atoms with E-state index in [9.17, 15) is 19.2 Å². The second-order valence-corrected chi connectivity index (χ2v) is 25.2. The molecule has 0 saturated carbocycles. The van der Waals surface area contributed by atoms with Gasteiger partial charge in [-0.2, -0.15) is 0 Å². The molecule has 6 aliphatic rings. The van der Waals surface area contributed by atoms with Crippen LogP contribution < -0.4 is 37.9 Å². The van der Waals surface area contributed by atoms with Crippen LogP contribution in [0.1, 0.15) is 0 Å². The van der Waals surface area contributed by atoms with Crippen LogP contribution in [0.2, 0.25) is 0 Å². The molecule has 0 spiro atoms. The molecule has 0 amide bonds. The highest BCUT2D eigenvalue weighted by Crippen LogP contribution is 2.56. The van der Waals surface area contributed by atoms with Crippen molar-refractivity contribution < 1.29 is 57.1 Å². The molecule has 0 radical (unpaired) electrons. The number of rotatable bonds is 0. The second kappa shape index (κ2) is 21.2. The molecule has 0 atom stereocenters. The van der Waals surface area contributed by atoms with Crippen LogP contribution in [-0.2, 0) is 19.2 Å². The van der Waals surface area contributed by atoms with Gasteiger partial charge in [0.05, 0.1) is 78.3 Å². The third-order valence-electron chi connectivity index (χ3n) is 11.5. The smallest absolute Gasteiger partial charge is 0.349 e. The normalized spacial score (nSPS) is 15.7. The standard InChI is InChI=1S/2C28H16O6S4/c2*29-23-13-31-25-15-5-1-7-17(25)37-21-11-4-10-20-28(21)34-24(30)14-32-26-16(36-20)6-2-8-18(26)38-22-12-3-9-19(35-15)27(22)33-23/h2*1-12H,13-14H2. The maximum absolute atomic E-state index is 12.9. The molecule has 0 aromatic heterocycles. The summed E-state index contributed by atoms with van der Waals surface area (Å²) in [6.45, 7) is -0.980. The lowest BCUT2D eigenvalue weighted by Gasteiger charge is -2.17. The van der Waals surface area contributed by atoms with Gasteiger partial charge >= 0.3 is 23.9 Å². The monoisotopic (exact) mass is 1150 g/mol. The first-order valence-corrected chi connectivity index (χ1v) is 29.6. The van der Waals surface area contributed by atoms with Crippen molar-refractivity contribution in [3.63, 3.8) is 0 Å². The van der Waals surface area contributed by atoms with Crippen LogP contribution in [0.4, 0.5) is 0 Å². The number of hydrogen-bond donors (Lipinski definition) is 0. The molecule has 14 rings (SSSR count). The van der Waals surface area contributed by atoms with E-state index in [0.29, 0.717) is 46.0 Å². The molecular weight excluding hydrogens is 1120 g/mol. The van der Waals surface area contributed by atoms with E-state index in [0.717, 1.165) is 78.3 Å². The summed E-state index contributed by atoms with van der Waals surface area (Å²) in [7, 11) is 0. The Labute approximate surface area is 467 Å². The molecular formula is C56H32O12S8. The third kappa shape index (κ3) is 9.96. The average Bonchev–Trinajstić information content (AvgIpc) is 3.61. The highest BCUT2D eigenvalue weighted by atomic mass is 32.2. The van der Waals surface area contributed by atoms with Gasteiger partial charge in [-0.05, 0) is 97.1 Å². The van der Waals surface area contributed by atoms with Gasteiger partial charge in [0.1, 0.15) is 23.0 Å². The number of para-hydroxylation sites is 8. The summed E-state index contributed by atoms with van der Waals surface area (Å²) in [6.07, 6.45) is 0. The van der Waals surface area contributed by atoms with Crippen molar-refractivity contribution in [1.29, 1.82) is 0 Å². The first-order chi connectivity index (χ1) is 37.2. The third-order valence-corrected chi connectivity index (χ3v) is 20.2.